The first-order chi connectivity index (χ1) is 6.70. The molecule has 0 amide bonds. The predicted molar refractivity (Wildman–Crippen MR) is 63.2 cm³/mol. The second-order valence-corrected chi connectivity index (χ2v) is 4.39. The van der Waals surface area contributed by atoms with E-state index in [-0.39, 0.29) is 6.04 Å². The van der Waals surface area contributed by atoms with Crippen LogP contribution in [0.2, 0.25) is 0 Å². The summed E-state index contributed by atoms with van der Waals surface area (Å²) < 4.78 is 1.10. The molecule has 1 heterocycles. The van der Waals surface area contributed by atoms with E-state index in [1.165, 1.54) is 5.39 Å². The number of halogens is 1. The van der Waals surface area contributed by atoms with Crippen molar-refractivity contribution in [3.8, 4) is 0 Å². The Morgan fingerprint density at radius 2 is 2.21 bits per heavy atom. The zero-order valence-corrected chi connectivity index (χ0v) is 9.64. The van der Waals surface area contributed by atoms with Gasteiger partial charge in [0.1, 0.15) is 0 Å². The van der Waals surface area contributed by atoms with Gasteiger partial charge in [-0.2, -0.15) is 0 Å². The molecule has 1 unspecified atom stereocenters. The highest BCUT2D eigenvalue weighted by Gasteiger charge is 2.06. The Labute approximate surface area is 91.6 Å². The van der Waals surface area contributed by atoms with Crippen LogP contribution in [0.5, 0.6) is 0 Å². The summed E-state index contributed by atoms with van der Waals surface area (Å²) >= 11 is 3.45. The fourth-order valence-corrected chi connectivity index (χ4v) is 1.92. The molecule has 0 aliphatic rings. The standard InChI is InChI=1S/C11H13BrN2/c1-2-9(13)11-6-7-5-8(12)3-4-10(7)14-11/h3-6,9,14H,2,13H2,1H3. The number of benzene rings is 1. The number of hydrogen-bond donors (Lipinski definition) is 2. The van der Waals surface area contributed by atoms with E-state index in [1.807, 2.05) is 6.07 Å². The molecule has 0 bridgehead atoms. The number of aromatic amines is 1. The maximum absolute atomic E-state index is 5.95. The summed E-state index contributed by atoms with van der Waals surface area (Å²) in [7, 11) is 0. The lowest BCUT2D eigenvalue weighted by molar-refractivity contribution is 0.682. The molecule has 74 valence electrons. The van der Waals surface area contributed by atoms with E-state index in [9.17, 15) is 0 Å². The SMILES string of the molecule is CCC(N)c1cc2cc(Br)ccc2[nH]1. The molecule has 0 saturated carbocycles. The maximum Gasteiger partial charge on any atom is 0.0457 e. The van der Waals surface area contributed by atoms with Gasteiger partial charge in [0, 0.05) is 27.1 Å². The second-order valence-electron chi connectivity index (χ2n) is 3.47. The molecule has 14 heavy (non-hydrogen) atoms. The molecule has 2 aromatic rings. The molecule has 0 aliphatic heterocycles. The molecule has 0 spiro atoms. The van der Waals surface area contributed by atoms with E-state index >= 15 is 0 Å². The molecule has 0 saturated heterocycles. The lowest BCUT2D eigenvalue weighted by Gasteiger charge is -2.03. The van der Waals surface area contributed by atoms with Crippen molar-refractivity contribution in [3.05, 3.63) is 34.4 Å². The lowest BCUT2D eigenvalue weighted by atomic mass is 10.1. The zero-order chi connectivity index (χ0) is 10.1. The van der Waals surface area contributed by atoms with Crippen molar-refractivity contribution in [2.75, 3.05) is 0 Å². The quantitative estimate of drug-likeness (QED) is 0.846. The molecule has 1 aromatic carbocycles. The summed E-state index contributed by atoms with van der Waals surface area (Å²) in [6.07, 6.45) is 0.952. The third-order valence-electron chi connectivity index (χ3n) is 2.44. The third kappa shape index (κ3) is 1.70. The Balaban J connectivity index is 2.51. The molecular weight excluding hydrogens is 240 g/mol. The van der Waals surface area contributed by atoms with Crippen molar-refractivity contribution < 1.29 is 0 Å². The summed E-state index contributed by atoms with van der Waals surface area (Å²) in [5.41, 5.74) is 8.21. The number of fused-ring (bicyclic) bond motifs is 1. The first kappa shape index (κ1) is 9.74. The van der Waals surface area contributed by atoms with Gasteiger partial charge in [0.05, 0.1) is 0 Å². The average Bonchev–Trinajstić information content (AvgIpc) is 2.59. The van der Waals surface area contributed by atoms with E-state index < -0.39 is 0 Å². The van der Waals surface area contributed by atoms with Gasteiger partial charge in [-0.3, -0.25) is 0 Å². The highest BCUT2D eigenvalue weighted by molar-refractivity contribution is 9.10. The number of nitrogens with one attached hydrogen (secondary N) is 1. The fourth-order valence-electron chi connectivity index (χ4n) is 1.55. The molecule has 3 N–H and O–H groups in total. The summed E-state index contributed by atoms with van der Waals surface area (Å²) in [5, 5.41) is 1.21. The van der Waals surface area contributed by atoms with Crippen molar-refractivity contribution in [2.24, 2.45) is 5.73 Å². The second kappa shape index (κ2) is 3.75. The largest absolute Gasteiger partial charge is 0.357 e. The van der Waals surface area contributed by atoms with Crippen LogP contribution in [0.25, 0.3) is 10.9 Å². The van der Waals surface area contributed by atoms with E-state index in [0.29, 0.717) is 0 Å². The Hall–Kier alpha value is -0.800. The van der Waals surface area contributed by atoms with E-state index in [4.69, 9.17) is 5.73 Å². The molecule has 0 fully saturated rings. The number of aromatic nitrogens is 1. The van der Waals surface area contributed by atoms with Crippen molar-refractivity contribution in [3.63, 3.8) is 0 Å². The smallest absolute Gasteiger partial charge is 0.0457 e. The van der Waals surface area contributed by atoms with E-state index in [1.54, 1.807) is 0 Å². The highest BCUT2D eigenvalue weighted by Crippen LogP contribution is 2.23. The van der Waals surface area contributed by atoms with Gasteiger partial charge in [-0.05, 0) is 30.7 Å². The zero-order valence-electron chi connectivity index (χ0n) is 8.05. The maximum atomic E-state index is 5.95. The van der Waals surface area contributed by atoms with Crippen molar-refractivity contribution in [1.29, 1.82) is 0 Å². The Morgan fingerprint density at radius 1 is 1.43 bits per heavy atom. The minimum atomic E-state index is 0.112. The number of H-pyrrole nitrogens is 1. The first-order valence-corrected chi connectivity index (χ1v) is 5.53. The van der Waals surface area contributed by atoms with Crippen LogP contribution in [0, 0.1) is 0 Å². The van der Waals surface area contributed by atoms with E-state index in [2.05, 4.69) is 46.0 Å². The minimum Gasteiger partial charge on any atom is -0.357 e. The van der Waals surface area contributed by atoms with Crippen LogP contribution >= 0.6 is 15.9 Å². The van der Waals surface area contributed by atoms with Crippen LogP contribution in [0.15, 0.2) is 28.7 Å². The molecule has 1 atom stereocenters. The molecule has 0 radical (unpaired) electrons. The monoisotopic (exact) mass is 252 g/mol. The van der Waals surface area contributed by atoms with Gasteiger partial charge in [0.25, 0.3) is 0 Å². The summed E-state index contributed by atoms with van der Waals surface area (Å²) in [6, 6.07) is 8.42. The number of rotatable bonds is 2. The summed E-state index contributed by atoms with van der Waals surface area (Å²) in [5.74, 6) is 0. The van der Waals surface area contributed by atoms with Gasteiger partial charge in [-0.15, -0.1) is 0 Å². The third-order valence-corrected chi connectivity index (χ3v) is 2.94. The van der Waals surface area contributed by atoms with Gasteiger partial charge < -0.3 is 10.7 Å². The normalized spacial score (nSPS) is 13.4. The Morgan fingerprint density at radius 3 is 2.93 bits per heavy atom. The minimum absolute atomic E-state index is 0.112. The van der Waals surface area contributed by atoms with Crippen LogP contribution < -0.4 is 5.73 Å². The van der Waals surface area contributed by atoms with Crippen molar-refractivity contribution in [1.82, 2.24) is 4.98 Å². The van der Waals surface area contributed by atoms with Crippen LogP contribution in [-0.2, 0) is 0 Å². The summed E-state index contributed by atoms with van der Waals surface area (Å²) in [6.45, 7) is 2.09. The molecule has 1 aromatic heterocycles. The van der Waals surface area contributed by atoms with Gasteiger partial charge >= 0.3 is 0 Å². The van der Waals surface area contributed by atoms with Crippen LogP contribution in [0.3, 0.4) is 0 Å². The molecule has 3 heteroatoms. The lowest BCUT2D eigenvalue weighted by Crippen LogP contribution is -2.08. The van der Waals surface area contributed by atoms with Gasteiger partial charge in [-0.1, -0.05) is 22.9 Å². The number of nitrogens with two attached hydrogens (primary N) is 1. The topological polar surface area (TPSA) is 41.8 Å². The van der Waals surface area contributed by atoms with E-state index in [0.717, 1.165) is 22.1 Å². The molecule has 2 rings (SSSR count). The molecule has 2 nitrogen and oxygen atoms in total. The molecule has 0 aliphatic carbocycles. The Bertz CT molecular complexity index is 447. The van der Waals surface area contributed by atoms with Crippen LogP contribution in [-0.4, -0.2) is 4.98 Å². The van der Waals surface area contributed by atoms with Gasteiger partial charge in [0.15, 0.2) is 0 Å². The van der Waals surface area contributed by atoms with Crippen LogP contribution in [0.4, 0.5) is 0 Å². The summed E-state index contributed by atoms with van der Waals surface area (Å²) in [4.78, 5) is 3.33. The Kier molecular flexibility index (Phi) is 2.61. The predicted octanol–water partition coefficient (Wildman–Crippen LogP) is 3.34. The fraction of sp³-hybridized carbons (Fsp3) is 0.273. The van der Waals surface area contributed by atoms with Gasteiger partial charge in [0.2, 0.25) is 0 Å². The van der Waals surface area contributed by atoms with Crippen LogP contribution in [0.1, 0.15) is 25.1 Å². The number of hydrogen-bond acceptors (Lipinski definition) is 1. The highest BCUT2D eigenvalue weighted by atomic mass is 79.9. The molecular formula is C11H13BrN2. The van der Waals surface area contributed by atoms with Crippen molar-refractivity contribution >= 4 is 26.8 Å². The van der Waals surface area contributed by atoms with Crippen molar-refractivity contribution in [2.45, 2.75) is 19.4 Å². The van der Waals surface area contributed by atoms with Gasteiger partial charge in [-0.25, -0.2) is 0 Å². The first-order valence-electron chi connectivity index (χ1n) is 4.74. The average molecular weight is 253 g/mol.